The van der Waals surface area contributed by atoms with Crippen LogP contribution in [0, 0.1) is 0 Å². The fourth-order valence-electron chi connectivity index (χ4n) is 6.25. The maximum atomic E-state index is 13.7. The molecule has 0 atom stereocenters. The zero-order chi connectivity index (χ0) is 23.7. The quantitative estimate of drug-likeness (QED) is 0.421. The minimum Gasteiger partial charge on any atom is -0.464 e. The lowest BCUT2D eigenvalue weighted by Crippen LogP contribution is -2.55. The van der Waals surface area contributed by atoms with E-state index in [1.165, 1.54) is 5.01 Å². The van der Waals surface area contributed by atoms with Crippen LogP contribution in [0.4, 0.5) is 16.2 Å². The number of hydrogen-bond donors (Lipinski definition) is 4. The number of nitrogens with one attached hydrogen (secondary N) is 3. The van der Waals surface area contributed by atoms with Crippen LogP contribution in [0.1, 0.15) is 51.0 Å². The highest BCUT2D eigenvalue weighted by Crippen LogP contribution is 2.60. The maximum Gasteiger partial charge on any atom is 0.423 e. The zero-order valence-electron chi connectivity index (χ0n) is 19.0. The highest BCUT2D eigenvalue weighted by Gasteiger charge is 2.58. The lowest BCUT2D eigenvalue weighted by atomic mass is 9.73. The maximum absolute atomic E-state index is 13.7. The molecule has 0 aromatic heterocycles. The number of hydrogen-bond acceptors (Lipinski definition) is 5. The van der Waals surface area contributed by atoms with E-state index < -0.39 is 11.6 Å². The van der Waals surface area contributed by atoms with Crippen molar-refractivity contribution in [2.45, 2.75) is 31.2 Å². The molecule has 1 spiro atoms. The summed E-state index contributed by atoms with van der Waals surface area (Å²) in [5.41, 5.74) is 8.19. The first kappa shape index (κ1) is 20.2. The summed E-state index contributed by atoms with van der Waals surface area (Å²) >= 11 is 0. The topological polar surface area (TPSA) is 103 Å². The van der Waals surface area contributed by atoms with Gasteiger partial charge in [0.15, 0.2) is 0 Å². The Labute approximate surface area is 201 Å². The lowest BCUT2D eigenvalue weighted by molar-refractivity contribution is 0.0502. The van der Waals surface area contributed by atoms with Crippen LogP contribution in [0.3, 0.4) is 0 Å². The molecule has 3 aromatic rings. The normalized spacial score (nSPS) is 18.2. The van der Waals surface area contributed by atoms with Gasteiger partial charge in [-0.05, 0) is 43.9 Å². The lowest BCUT2D eigenvalue weighted by Gasteiger charge is -2.45. The van der Waals surface area contributed by atoms with Crippen molar-refractivity contribution < 1.29 is 19.4 Å². The van der Waals surface area contributed by atoms with Crippen molar-refractivity contribution in [1.29, 1.82) is 0 Å². The summed E-state index contributed by atoms with van der Waals surface area (Å²) in [6.07, 6.45) is 2.32. The van der Waals surface area contributed by atoms with E-state index in [0.29, 0.717) is 17.1 Å². The van der Waals surface area contributed by atoms with E-state index >= 15 is 0 Å². The van der Waals surface area contributed by atoms with Crippen LogP contribution in [-0.2, 0) is 18.4 Å². The molecule has 0 saturated carbocycles. The van der Waals surface area contributed by atoms with Crippen molar-refractivity contribution in [2.24, 2.45) is 0 Å². The summed E-state index contributed by atoms with van der Waals surface area (Å²) in [5.74, 6) is 1.04. The van der Waals surface area contributed by atoms with Gasteiger partial charge in [-0.3, -0.25) is 4.79 Å². The Morgan fingerprint density at radius 1 is 0.886 bits per heavy atom. The Morgan fingerprint density at radius 3 is 2.09 bits per heavy atom. The molecule has 4 heterocycles. The van der Waals surface area contributed by atoms with Gasteiger partial charge in [0, 0.05) is 57.8 Å². The molecule has 176 valence electrons. The monoisotopic (exact) mass is 468 g/mol. The van der Waals surface area contributed by atoms with Gasteiger partial charge < -0.3 is 20.5 Å². The molecule has 4 aliphatic heterocycles. The number of hydrazine groups is 1. The largest absolute Gasteiger partial charge is 0.464 e. The number of nitrogens with zero attached hydrogens (tertiary/aromatic N) is 1. The third-order valence-corrected chi connectivity index (χ3v) is 7.64. The standard InChI is InChI=1S/C27H24N4O4/c32-25-15-5-1-2-8-18(15)27(31(25)30-26(33)34)19-9-11-21-16(6-3-13-28-21)23(19)35-24-17-7-4-14-29-22(17)12-10-20(24)27/h1-2,5,8-12,28-30H,3-4,6-7,13-14H2,(H,33,34). The van der Waals surface area contributed by atoms with Crippen molar-refractivity contribution in [2.75, 3.05) is 23.7 Å². The molecule has 0 saturated heterocycles. The van der Waals surface area contributed by atoms with Gasteiger partial charge in [0.25, 0.3) is 5.91 Å². The van der Waals surface area contributed by atoms with Crippen LogP contribution in [-0.4, -0.2) is 35.2 Å². The molecule has 0 fully saturated rings. The molecule has 0 radical (unpaired) electrons. The number of carbonyl (C=O) groups excluding carboxylic acids is 1. The van der Waals surface area contributed by atoms with E-state index in [2.05, 4.69) is 16.1 Å². The van der Waals surface area contributed by atoms with E-state index in [0.717, 1.165) is 78.0 Å². The Kier molecular flexibility index (Phi) is 4.13. The number of amides is 2. The van der Waals surface area contributed by atoms with Crippen molar-refractivity contribution in [3.8, 4) is 11.5 Å². The van der Waals surface area contributed by atoms with E-state index in [-0.39, 0.29) is 5.91 Å². The Morgan fingerprint density at radius 2 is 1.49 bits per heavy atom. The van der Waals surface area contributed by atoms with Crippen LogP contribution in [0.2, 0.25) is 0 Å². The van der Waals surface area contributed by atoms with E-state index in [1.807, 2.05) is 42.5 Å². The van der Waals surface area contributed by atoms with Crippen LogP contribution in [0.25, 0.3) is 0 Å². The minimum atomic E-state index is -1.29. The molecular weight excluding hydrogens is 444 g/mol. The molecule has 4 N–H and O–H groups in total. The average Bonchev–Trinajstić information content (AvgIpc) is 3.12. The molecule has 35 heavy (non-hydrogen) atoms. The molecule has 8 nitrogen and oxygen atoms in total. The van der Waals surface area contributed by atoms with Crippen molar-refractivity contribution in [1.82, 2.24) is 10.4 Å². The first-order valence-electron chi connectivity index (χ1n) is 12.0. The first-order chi connectivity index (χ1) is 17.1. The third kappa shape index (κ3) is 2.56. The number of anilines is 2. The Bertz CT molecular complexity index is 1370. The van der Waals surface area contributed by atoms with E-state index in [4.69, 9.17) is 4.74 Å². The van der Waals surface area contributed by atoms with E-state index in [9.17, 15) is 14.7 Å². The number of carbonyl (C=O) groups is 2. The first-order valence-corrected chi connectivity index (χ1v) is 12.0. The number of fused-ring (bicyclic) bond motifs is 10. The summed E-state index contributed by atoms with van der Waals surface area (Å²) < 4.78 is 6.77. The minimum absolute atomic E-state index is 0.381. The summed E-state index contributed by atoms with van der Waals surface area (Å²) in [4.78, 5) is 25.7. The van der Waals surface area contributed by atoms with Crippen LogP contribution < -0.4 is 20.8 Å². The van der Waals surface area contributed by atoms with Gasteiger partial charge >= 0.3 is 6.09 Å². The fourth-order valence-corrected chi connectivity index (χ4v) is 6.25. The molecule has 4 aliphatic rings. The van der Waals surface area contributed by atoms with Gasteiger partial charge in [-0.25, -0.2) is 15.2 Å². The summed E-state index contributed by atoms with van der Waals surface area (Å²) in [7, 11) is 0. The molecule has 0 bridgehead atoms. The number of ether oxygens (including phenoxy) is 1. The molecule has 0 unspecified atom stereocenters. The molecular formula is C27H24N4O4. The predicted octanol–water partition coefficient (Wildman–Crippen LogP) is 4.44. The van der Waals surface area contributed by atoms with Gasteiger partial charge in [-0.15, -0.1) is 0 Å². The van der Waals surface area contributed by atoms with Crippen LogP contribution >= 0.6 is 0 Å². The third-order valence-electron chi connectivity index (χ3n) is 7.64. The van der Waals surface area contributed by atoms with Crippen molar-refractivity contribution in [3.05, 3.63) is 81.9 Å². The van der Waals surface area contributed by atoms with Crippen molar-refractivity contribution >= 4 is 23.4 Å². The fraction of sp³-hybridized carbons (Fsp3) is 0.259. The summed E-state index contributed by atoms with van der Waals surface area (Å²) in [5, 5.41) is 18.0. The van der Waals surface area contributed by atoms with Gasteiger partial charge in [-0.2, -0.15) is 0 Å². The van der Waals surface area contributed by atoms with Crippen molar-refractivity contribution in [3.63, 3.8) is 0 Å². The number of benzene rings is 3. The van der Waals surface area contributed by atoms with Gasteiger partial charge in [0.1, 0.15) is 17.0 Å². The zero-order valence-corrected chi connectivity index (χ0v) is 19.0. The average molecular weight is 469 g/mol. The summed E-state index contributed by atoms with van der Waals surface area (Å²) in [6.45, 7) is 1.78. The smallest absolute Gasteiger partial charge is 0.423 e. The predicted molar refractivity (Wildman–Crippen MR) is 130 cm³/mol. The number of carboxylic acid groups (broad SMARTS) is 1. The SMILES string of the molecule is O=C(O)NN1C(=O)c2ccccc2C12c1ccc3c(c1Oc1c2ccc2c1CCCN2)CCCN3. The Hall–Kier alpha value is -4.20. The van der Waals surface area contributed by atoms with Gasteiger partial charge in [-0.1, -0.05) is 30.3 Å². The summed E-state index contributed by atoms with van der Waals surface area (Å²) in [6, 6.07) is 15.4. The highest BCUT2D eigenvalue weighted by atomic mass is 16.5. The van der Waals surface area contributed by atoms with E-state index in [1.54, 1.807) is 6.07 Å². The molecule has 7 rings (SSSR count). The molecule has 8 heteroatoms. The highest BCUT2D eigenvalue weighted by molar-refractivity contribution is 6.03. The second kappa shape index (κ2) is 7.15. The molecule has 0 aliphatic carbocycles. The van der Waals surface area contributed by atoms with Crippen LogP contribution in [0.5, 0.6) is 11.5 Å². The van der Waals surface area contributed by atoms with Gasteiger partial charge in [0.05, 0.1) is 0 Å². The molecule has 3 aromatic carbocycles. The molecule has 2 amide bonds. The van der Waals surface area contributed by atoms with Gasteiger partial charge in [0.2, 0.25) is 0 Å². The Balaban J connectivity index is 1.62. The second-order valence-corrected chi connectivity index (χ2v) is 9.41. The number of rotatable bonds is 1. The van der Waals surface area contributed by atoms with Crippen LogP contribution in [0.15, 0.2) is 48.5 Å². The second-order valence-electron chi connectivity index (χ2n) is 9.41.